The number of para-hydroxylation sites is 1. The number of halogens is 1. The minimum Gasteiger partial charge on any atom is -0.482 e. The van der Waals surface area contributed by atoms with Crippen molar-refractivity contribution < 1.29 is 9.53 Å². The third kappa shape index (κ3) is 2.70. The summed E-state index contributed by atoms with van der Waals surface area (Å²) >= 11 is 5.94. The summed E-state index contributed by atoms with van der Waals surface area (Å²) in [6.07, 6.45) is 6.40. The molecule has 0 aromatic heterocycles. The summed E-state index contributed by atoms with van der Waals surface area (Å²) < 4.78 is 5.34. The van der Waals surface area contributed by atoms with Gasteiger partial charge in [0.15, 0.2) is 6.61 Å². The van der Waals surface area contributed by atoms with Gasteiger partial charge in [-0.2, -0.15) is 5.10 Å². The number of nitrogens with one attached hydrogen (secondary N) is 1. The smallest absolute Gasteiger partial charge is 0.277 e. The fourth-order valence-electron chi connectivity index (χ4n) is 2.53. The Morgan fingerprint density at radius 3 is 3.10 bits per heavy atom. The van der Waals surface area contributed by atoms with E-state index in [9.17, 15) is 4.79 Å². The van der Waals surface area contributed by atoms with Crippen molar-refractivity contribution in [3.63, 3.8) is 0 Å². The Morgan fingerprint density at radius 1 is 1.45 bits per heavy atom. The predicted molar refractivity (Wildman–Crippen MR) is 77.9 cm³/mol. The van der Waals surface area contributed by atoms with Crippen LogP contribution in [0.5, 0.6) is 5.75 Å². The largest absolute Gasteiger partial charge is 0.482 e. The lowest BCUT2D eigenvalue weighted by Crippen LogP contribution is -2.36. The maximum absolute atomic E-state index is 11.7. The van der Waals surface area contributed by atoms with E-state index in [1.54, 1.807) is 18.2 Å². The SMILES string of the molecule is O=C(COc1ccccc1Cl)N/N=C1/C[C@H]2C=CC[C@@H]12. The van der Waals surface area contributed by atoms with Gasteiger partial charge in [0.25, 0.3) is 5.91 Å². The van der Waals surface area contributed by atoms with Crippen LogP contribution in [0.15, 0.2) is 41.5 Å². The summed E-state index contributed by atoms with van der Waals surface area (Å²) in [6.45, 7) is -0.0904. The molecule has 2 aliphatic carbocycles. The highest BCUT2D eigenvalue weighted by Gasteiger charge is 2.37. The van der Waals surface area contributed by atoms with Crippen LogP contribution in [0.1, 0.15) is 12.8 Å². The standard InChI is InChI=1S/C15H15ClN2O2/c16-12-6-1-2-7-14(12)20-9-15(19)18-17-13-8-10-4-3-5-11(10)13/h1-4,6-7,10-11H,5,8-9H2,(H,18,19)/b17-13-/t10-,11-/m1/s1. The van der Waals surface area contributed by atoms with Gasteiger partial charge in [-0.05, 0) is 30.9 Å². The van der Waals surface area contributed by atoms with Crippen LogP contribution in [0.3, 0.4) is 0 Å². The highest BCUT2D eigenvalue weighted by Crippen LogP contribution is 2.40. The summed E-state index contributed by atoms with van der Waals surface area (Å²) in [5, 5.41) is 4.66. The number of rotatable bonds is 4. The van der Waals surface area contributed by atoms with Crippen LogP contribution in [0.25, 0.3) is 0 Å². The van der Waals surface area contributed by atoms with E-state index >= 15 is 0 Å². The quantitative estimate of drug-likeness (QED) is 0.685. The van der Waals surface area contributed by atoms with E-state index in [0.29, 0.717) is 22.6 Å². The van der Waals surface area contributed by atoms with Crippen LogP contribution in [0.4, 0.5) is 0 Å². The molecular formula is C15H15ClN2O2. The van der Waals surface area contributed by atoms with Gasteiger partial charge in [-0.3, -0.25) is 4.79 Å². The summed E-state index contributed by atoms with van der Waals surface area (Å²) in [4.78, 5) is 11.7. The van der Waals surface area contributed by atoms with Gasteiger partial charge in [-0.25, -0.2) is 5.43 Å². The average molecular weight is 291 g/mol. The fraction of sp³-hybridized carbons (Fsp3) is 0.333. The second-order valence-electron chi connectivity index (χ2n) is 5.00. The maximum Gasteiger partial charge on any atom is 0.277 e. The van der Waals surface area contributed by atoms with Gasteiger partial charge in [0.2, 0.25) is 0 Å². The first kappa shape index (κ1) is 13.2. The van der Waals surface area contributed by atoms with Crippen molar-refractivity contribution in [1.82, 2.24) is 5.43 Å². The lowest BCUT2D eigenvalue weighted by atomic mass is 9.74. The van der Waals surface area contributed by atoms with Gasteiger partial charge in [-0.1, -0.05) is 35.9 Å². The van der Waals surface area contributed by atoms with Crippen molar-refractivity contribution in [2.45, 2.75) is 12.8 Å². The molecule has 1 N–H and O–H groups in total. The Morgan fingerprint density at radius 2 is 2.30 bits per heavy atom. The highest BCUT2D eigenvalue weighted by molar-refractivity contribution is 6.32. The number of fused-ring (bicyclic) bond motifs is 1. The molecule has 0 saturated heterocycles. The van der Waals surface area contributed by atoms with Gasteiger partial charge in [0.1, 0.15) is 5.75 Å². The van der Waals surface area contributed by atoms with Gasteiger partial charge in [0, 0.05) is 11.6 Å². The second kappa shape index (κ2) is 5.67. The molecule has 1 aromatic rings. The van der Waals surface area contributed by atoms with E-state index in [1.165, 1.54) is 0 Å². The summed E-state index contributed by atoms with van der Waals surface area (Å²) in [5.41, 5.74) is 3.62. The number of benzene rings is 1. The molecule has 1 amide bonds. The predicted octanol–water partition coefficient (Wildman–Crippen LogP) is 2.79. The number of carbonyl (C=O) groups is 1. The lowest BCUT2D eigenvalue weighted by Gasteiger charge is -2.31. The zero-order valence-electron chi connectivity index (χ0n) is 10.9. The molecule has 0 bridgehead atoms. The molecule has 1 saturated carbocycles. The van der Waals surface area contributed by atoms with Crippen LogP contribution >= 0.6 is 11.6 Å². The number of ether oxygens (including phenoxy) is 1. The molecule has 1 aromatic carbocycles. The molecule has 0 aliphatic heterocycles. The lowest BCUT2D eigenvalue weighted by molar-refractivity contribution is -0.123. The Labute approximate surface area is 122 Å². The van der Waals surface area contributed by atoms with Crippen molar-refractivity contribution in [2.24, 2.45) is 16.9 Å². The van der Waals surface area contributed by atoms with Crippen LogP contribution in [0.2, 0.25) is 5.02 Å². The Hall–Kier alpha value is -1.81. The first-order chi connectivity index (χ1) is 9.74. The maximum atomic E-state index is 11.7. The molecule has 2 aliphatic rings. The number of hydrazone groups is 1. The number of carbonyl (C=O) groups excluding carboxylic acids is 1. The number of hydrogen-bond acceptors (Lipinski definition) is 3. The Bertz CT molecular complexity index is 583. The molecule has 0 heterocycles. The van der Waals surface area contributed by atoms with E-state index in [1.807, 2.05) is 6.07 Å². The summed E-state index contributed by atoms with van der Waals surface area (Å²) in [7, 11) is 0. The van der Waals surface area contributed by atoms with Crippen molar-refractivity contribution in [2.75, 3.05) is 6.61 Å². The zero-order chi connectivity index (χ0) is 13.9. The van der Waals surface area contributed by atoms with Gasteiger partial charge >= 0.3 is 0 Å². The van der Waals surface area contributed by atoms with Crippen LogP contribution in [-0.2, 0) is 4.79 Å². The van der Waals surface area contributed by atoms with Crippen molar-refractivity contribution in [3.05, 3.63) is 41.4 Å². The first-order valence-corrected chi connectivity index (χ1v) is 7.01. The van der Waals surface area contributed by atoms with E-state index in [2.05, 4.69) is 22.7 Å². The van der Waals surface area contributed by atoms with Crippen molar-refractivity contribution in [1.29, 1.82) is 0 Å². The topological polar surface area (TPSA) is 50.7 Å². The van der Waals surface area contributed by atoms with Crippen LogP contribution in [-0.4, -0.2) is 18.2 Å². The summed E-state index contributed by atoms with van der Waals surface area (Å²) in [5.74, 6) is 1.36. The fourth-order valence-corrected chi connectivity index (χ4v) is 2.73. The van der Waals surface area contributed by atoms with Crippen molar-refractivity contribution in [3.8, 4) is 5.75 Å². The molecule has 5 heteroatoms. The van der Waals surface area contributed by atoms with E-state index < -0.39 is 0 Å². The normalized spacial score (nSPS) is 25.1. The van der Waals surface area contributed by atoms with Gasteiger partial charge < -0.3 is 4.74 Å². The molecule has 0 unspecified atom stereocenters. The average Bonchev–Trinajstić information content (AvgIpc) is 2.80. The number of amides is 1. The molecule has 1 fully saturated rings. The van der Waals surface area contributed by atoms with Gasteiger partial charge in [-0.15, -0.1) is 0 Å². The monoisotopic (exact) mass is 290 g/mol. The number of allylic oxidation sites excluding steroid dienone is 2. The summed E-state index contributed by atoms with van der Waals surface area (Å²) in [6, 6.07) is 7.06. The number of nitrogens with zero attached hydrogens (tertiary/aromatic N) is 1. The third-order valence-corrected chi connectivity index (χ3v) is 3.99. The third-order valence-electron chi connectivity index (χ3n) is 3.68. The van der Waals surface area contributed by atoms with Crippen LogP contribution < -0.4 is 10.2 Å². The van der Waals surface area contributed by atoms with E-state index in [4.69, 9.17) is 16.3 Å². The minimum absolute atomic E-state index is 0.0904. The molecule has 0 radical (unpaired) electrons. The Balaban J connectivity index is 1.46. The molecule has 104 valence electrons. The Kier molecular flexibility index (Phi) is 3.74. The minimum atomic E-state index is -0.271. The van der Waals surface area contributed by atoms with Gasteiger partial charge in [0.05, 0.1) is 5.02 Å². The molecule has 3 rings (SSSR count). The molecule has 2 atom stereocenters. The molecule has 20 heavy (non-hydrogen) atoms. The first-order valence-electron chi connectivity index (χ1n) is 6.63. The van der Waals surface area contributed by atoms with Crippen molar-refractivity contribution >= 4 is 23.2 Å². The molecular weight excluding hydrogens is 276 g/mol. The van der Waals surface area contributed by atoms with E-state index in [0.717, 1.165) is 18.6 Å². The molecule has 0 spiro atoms. The second-order valence-corrected chi connectivity index (χ2v) is 5.40. The van der Waals surface area contributed by atoms with E-state index in [-0.39, 0.29) is 12.5 Å². The number of hydrogen-bond donors (Lipinski definition) is 1. The highest BCUT2D eigenvalue weighted by atomic mass is 35.5. The molecule has 4 nitrogen and oxygen atoms in total. The zero-order valence-corrected chi connectivity index (χ0v) is 11.6. The van der Waals surface area contributed by atoms with Crippen LogP contribution in [0, 0.1) is 11.8 Å².